The van der Waals surface area contributed by atoms with Crippen LogP contribution in [-0.4, -0.2) is 34.5 Å². The van der Waals surface area contributed by atoms with Crippen molar-refractivity contribution in [3.05, 3.63) is 24.0 Å². The van der Waals surface area contributed by atoms with Gasteiger partial charge in [0.2, 0.25) is 5.91 Å². The Balaban J connectivity index is 2.51. The zero-order valence-corrected chi connectivity index (χ0v) is 9.73. The van der Waals surface area contributed by atoms with Crippen molar-refractivity contribution in [1.82, 2.24) is 15.6 Å². The number of nitrogens with zero attached hydrogens (tertiary/aromatic N) is 1. The zero-order chi connectivity index (χ0) is 12.8. The quantitative estimate of drug-likeness (QED) is 0.689. The van der Waals surface area contributed by atoms with Crippen molar-refractivity contribution in [2.75, 3.05) is 6.54 Å². The van der Waals surface area contributed by atoms with Crippen molar-refractivity contribution >= 4 is 11.8 Å². The van der Waals surface area contributed by atoms with Crippen LogP contribution in [-0.2, 0) is 4.79 Å². The third-order valence-electron chi connectivity index (χ3n) is 1.86. The van der Waals surface area contributed by atoms with E-state index in [1.807, 2.05) is 13.8 Å². The molecule has 0 atom stereocenters. The lowest BCUT2D eigenvalue weighted by atomic mass is 10.3. The van der Waals surface area contributed by atoms with Crippen LogP contribution in [0.4, 0.5) is 0 Å². The Labute approximate surface area is 99.1 Å². The highest BCUT2D eigenvalue weighted by Gasteiger charge is 2.13. The van der Waals surface area contributed by atoms with E-state index in [-0.39, 0.29) is 29.9 Å². The number of carbonyl (C=O) groups excluding carboxylic acids is 2. The number of aromatic hydroxyl groups is 1. The van der Waals surface area contributed by atoms with Gasteiger partial charge in [0.25, 0.3) is 5.91 Å². The summed E-state index contributed by atoms with van der Waals surface area (Å²) < 4.78 is 0. The zero-order valence-electron chi connectivity index (χ0n) is 9.73. The molecule has 0 fully saturated rings. The number of rotatable bonds is 4. The van der Waals surface area contributed by atoms with Gasteiger partial charge in [0.15, 0.2) is 5.69 Å². The van der Waals surface area contributed by atoms with E-state index in [1.165, 1.54) is 18.3 Å². The van der Waals surface area contributed by atoms with E-state index in [4.69, 9.17) is 0 Å². The number of amides is 2. The fourth-order valence-electron chi connectivity index (χ4n) is 1.19. The van der Waals surface area contributed by atoms with Crippen molar-refractivity contribution in [1.29, 1.82) is 0 Å². The lowest BCUT2D eigenvalue weighted by Gasteiger charge is -2.09. The summed E-state index contributed by atoms with van der Waals surface area (Å²) in [6.45, 7) is 3.50. The molecule has 2 amide bonds. The van der Waals surface area contributed by atoms with E-state index in [0.717, 1.165) is 0 Å². The summed E-state index contributed by atoms with van der Waals surface area (Å²) in [7, 11) is 0. The first-order chi connectivity index (χ1) is 8.00. The summed E-state index contributed by atoms with van der Waals surface area (Å²) in [5.41, 5.74) is -0.0927. The monoisotopic (exact) mass is 237 g/mol. The number of carbonyl (C=O) groups is 2. The van der Waals surface area contributed by atoms with E-state index in [9.17, 15) is 14.7 Å². The van der Waals surface area contributed by atoms with E-state index < -0.39 is 5.91 Å². The number of nitrogens with one attached hydrogen (secondary N) is 2. The van der Waals surface area contributed by atoms with Gasteiger partial charge in [-0.25, -0.2) is 4.98 Å². The molecule has 17 heavy (non-hydrogen) atoms. The van der Waals surface area contributed by atoms with Crippen molar-refractivity contribution < 1.29 is 14.7 Å². The molecule has 0 bridgehead atoms. The highest BCUT2D eigenvalue weighted by Crippen LogP contribution is 2.11. The van der Waals surface area contributed by atoms with Gasteiger partial charge in [-0.2, -0.15) is 0 Å². The molecule has 1 aromatic heterocycles. The standard InChI is InChI=1S/C11H15N3O3/c1-7(2)14-9(16)6-13-11(17)10-8(15)4-3-5-12-10/h3-5,7,15H,6H2,1-2H3,(H,13,17)(H,14,16). The normalized spacial score (nSPS) is 10.1. The minimum atomic E-state index is -0.581. The van der Waals surface area contributed by atoms with Gasteiger partial charge in [-0.15, -0.1) is 0 Å². The Morgan fingerprint density at radius 3 is 2.76 bits per heavy atom. The van der Waals surface area contributed by atoms with E-state index in [1.54, 1.807) is 0 Å². The van der Waals surface area contributed by atoms with Crippen molar-refractivity contribution in [3.8, 4) is 5.75 Å². The third kappa shape index (κ3) is 4.10. The first-order valence-corrected chi connectivity index (χ1v) is 5.22. The van der Waals surface area contributed by atoms with Crippen LogP contribution >= 0.6 is 0 Å². The molecule has 6 heteroatoms. The van der Waals surface area contributed by atoms with Gasteiger partial charge in [-0.1, -0.05) is 0 Å². The summed E-state index contributed by atoms with van der Waals surface area (Å²) in [5.74, 6) is -1.08. The predicted octanol–water partition coefficient (Wildman–Crippen LogP) is 0.0416. The predicted molar refractivity (Wildman–Crippen MR) is 61.5 cm³/mol. The van der Waals surface area contributed by atoms with Crippen molar-refractivity contribution in [3.63, 3.8) is 0 Å². The maximum absolute atomic E-state index is 11.5. The molecule has 3 N–H and O–H groups in total. The maximum Gasteiger partial charge on any atom is 0.274 e. The lowest BCUT2D eigenvalue weighted by molar-refractivity contribution is -0.120. The lowest BCUT2D eigenvalue weighted by Crippen LogP contribution is -2.40. The molecule has 1 rings (SSSR count). The molecule has 0 saturated heterocycles. The smallest absolute Gasteiger partial charge is 0.274 e. The minimum Gasteiger partial charge on any atom is -0.505 e. The highest BCUT2D eigenvalue weighted by molar-refractivity contribution is 5.96. The summed E-state index contributed by atoms with van der Waals surface area (Å²) >= 11 is 0. The fourth-order valence-corrected chi connectivity index (χ4v) is 1.19. The van der Waals surface area contributed by atoms with Gasteiger partial charge in [0, 0.05) is 12.2 Å². The Bertz CT molecular complexity index is 418. The summed E-state index contributed by atoms with van der Waals surface area (Å²) in [4.78, 5) is 26.5. The highest BCUT2D eigenvalue weighted by atomic mass is 16.3. The Morgan fingerprint density at radius 2 is 2.18 bits per heavy atom. The summed E-state index contributed by atoms with van der Waals surface area (Å²) in [6.07, 6.45) is 1.39. The average Bonchev–Trinajstić information content (AvgIpc) is 2.25. The van der Waals surface area contributed by atoms with Crippen molar-refractivity contribution in [2.45, 2.75) is 19.9 Å². The summed E-state index contributed by atoms with van der Waals surface area (Å²) in [6, 6.07) is 2.89. The van der Waals surface area contributed by atoms with Gasteiger partial charge in [0.1, 0.15) is 5.75 Å². The largest absolute Gasteiger partial charge is 0.505 e. The van der Waals surface area contributed by atoms with Crippen LogP contribution < -0.4 is 10.6 Å². The van der Waals surface area contributed by atoms with Gasteiger partial charge in [-0.3, -0.25) is 9.59 Å². The number of pyridine rings is 1. The molecule has 0 unspecified atom stereocenters. The Kier molecular flexibility index (Phi) is 4.45. The van der Waals surface area contributed by atoms with Crippen LogP contribution in [0.25, 0.3) is 0 Å². The molecule has 0 aliphatic rings. The second-order valence-corrected chi connectivity index (χ2v) is 3.78. The van der Waals surface area contributed by atoms with Crippen molar-refractivity contribution in [2.24, 2.45) is 0 Å². The molecule has 92 valence electrons. The second-order valence-electron chi connectivity index (χ2n) is 3.78. The molecule has 0 aromatic carbocycles. The van der Waals surface area contributed by atoms with Crippen LogP contribution in [0.2, 0.25) is 0 Å². The molecule has 1 heterocycles. The number of aromatic nitrogens is 1. The molecule has 6 nitrogen and oxygen atoms in total. The second kappa shape index (κ2) is 5.83. The van der Waals surface area contributed by atoms with E-state index >= 15 is 0 Å². The van der Waals surface area contributed by atoms with Crippen LogP contribution in [0.5, 0.6) is 5.75 Å². The molecule has 0 aliphatic heterocycles. The van der Waals surface area contributed by atoms with Gasteiger partial charge in [-0.05, 0) is 26.0 Å². The maximum atomic E-state index is 11.5. The molecule has 0 spiro atoms. The molecular formula is C11H15N3O3. The van der Waals surface area contributed by atoms with Crippen LogP contribution in [0.1, 0.15) is 24.3 Å². The van der Waals surface area contributed by atoms with E-state index in [2.05, 4.69) is 15.6 Å². The van der Waals surface area contributed by atoms with Crippen LogP contribution in [0.3, 0.4) is 0 Å². The van der Waals surface area contributed by atoms with Crippen LogP contribution in [0.15, 0.2) is 18.3 Å². The number of hydrogen-bond donors (Lipinski definition) is 3. The minimum absolute atomic E-state index is 0.0163. The van der Waals surface area contributed by atoms with Gasteiger partial charge >= 0.3 is 0 Å². The molecule has 0 saturated carbocycles. The topological polar surface area (TPSA) is 91.3 Å². The van der Waals surface area contributed by atoms with Gasteiger partial charge < -0.3 is 15.7 Å². The number of hydrogen-bond acceptors (Lipinski definition) is 4. The molecular weight excluding hydrogens is 222 g/mol. The molecule has 0 radical (unpaired) electrons. The molecule has 0 aliphatic carbocycles. The Hall–Kier alpha value is -2.11. The Morgan fingerprint density at radius 1 is 1.47 bits per heavy atom. The molecule has 1 aromatic rings. The third-order valence-corrected chi connectivity index (χ3v) is 1.86. The van der Waals surface area contributed by atoms with Crippen LogP contribution in [0, 0.1) is 0 Å². The van der Waals surface area contributed by atoms with E-state index in [0.29, 0.717) is 0 Å². The SMILES string of the molecule is CC(C)NC(=O)CNC(=O)c1ncccc1O. The summed E-state index contributed by atoms with van der Waals surface area (Å²) in [5, 5.41) is 14.4. The van der Waals surface area contributed by atoms with Gasteiger partial charge in [0.05, 0.1) is 6.54 Å². The first-order valence-electron chi connectivity index (χ1n) is 5.22. The first kappa shape index (κ1) is 13.0. The fraction of sp³-hybridized carbons (Fsp3) is 0.364. The average molecular weight is 237 g/mol.